The number of hydrogen-bond acceptors (Lipinski definition) is 5. The molecule has 4 aromatic heterocycles. The minimum atomic E-state index is -0.527. The van der Waals surface area contributed by atoms with E-state index in [1.165, 1.54) is 11.3 Å². The van der Waals surface area contributed by atoms with Gasteiger partial charge in [0.1, 0.15) is 10.2 Å². The van der Waals surface area contributed by atoms with Gasteiger partial charge in [-0.15, -0.1) is 48.6 Å². The van der Waals surface area contributed by atoms with Gasteiger partial charge >= 0.3 is 5.69 Å². The number of halogens is 3. The molecule has 4 rings (SSSR count). The molecule has 0 unspecified atom stereocenters. The van der Waals surface area contributed by atoms with Gasteiger partial charge in [0.15, 0.2) is 0 Å². The Kier molecular flexibility index (Phi) is 6.50. The summed E-state index contributed by atoms with van der Waals surface area (Å²) in [6.45, 7) is 0. The molecule has 0 saturated heterocycles. The number of rotatable bonds is 1. The van der Waals surface area contributed by atoms with Crippen molar-refractivity contribution in [3.05, 3.63) is 57.5 Å². The van der Waals surface area contributed by atoms with Crippen LogP contribution in [0.25, 0.3) is 31.7 Å². The van der Waals surface area contributed by atoms with Gasteiger partial charge in [0, 0.05) is 18.0 Å². The maximum Gasteiger partial charge on any atom is 0.326 e. The van der Waals surface area contributed by atoms with Crippen molar-refractivity contribution < 1.29 is 0 Å². The number of aromatic amines is 2. The normalized spacial score (nSPS) is 9.83. The smallest absolute Gasteiger partial charge is 0.304 e. The number of hydrogen-bond donors (Lipinski definition) is 2. The summed E-state index contributed by atoms with van der Waals surface area (Å²) < 4.78 is 1.32. The molecule has 0 aliphatic carbocycles. The molecule has 4 aromatic rings. The van der Waals surface area contributed by atoms with E-state index in [4.69, 9.17) is 0 Å². The zero-order valence-corrected chi connectivity index (χ0v) is 15.1. The van der Waals surface area contributed by atoms with E-state index in [1.54, 1.807) is 12.4 Å². The molecule has 0 amide bonds. The highest BCUT2D eigenvalue weighted by molar-refractivity contribution is 7.25. The molecule has 6 nitrogen and oxygen atoms in total. The van der Waals surface area contributed by atoms with Gasteiger partial charge in [0.2, 0.25) is 0 Å². The average molecular weight is 406 g/mol. The van der Waals surface area contributed by atoms with E-state index in [0.29, 0.717) is 15.7 Å². The predicted molar refractivity (Wildman–Crippen MR) is 103 cm³/mol. The number of aromatic nitrogens is 4. The first-order chi connectivity index (χ1) is 10.2. The van der Waals surface area contributed by atoms with Crippen molar-refractivity contribution in [1.29, 1.82) is 0 Å². The second-order valence-electron chi connectivity index (χ2n) is 4.50. The molecule has 2 N–H and O–H groups in total. The molecule has 4 heterocycles. The van der Waals surface area contributed by atoms with E-state index in [-0.39, 0.29) is 42.8 Å². The van der Waals surface area contributed by atoms with Gasteiger partial charge in [-0.05, 0) is 24.3 Å². The fourth-order valence-corrected chi connectivity index (χ4v) is 3.23. The Hall–Kier alpha value is -1.93. The van der Waals surface area contributed by atoms with E-state index in [9.17, 15) is 9.59 Å². The monoisotopic (exact) mass is 404 g/mol. The average Bonchev–Trinajstić information content (AvgIpc) is 2.86. The topological polar surface area (TPSA) is 91.5 Å². The lowest BCUT2D eigenvalue weighted by molar-refractivity contribution is 1.09. The third kappa shape index (κ3) is 3.29. The Bertz CT molecular complexity index is 1090. The van der Waals surface area contributed by atoms with Crippen LogP contribution in [-0.4, -0.2) is 19.9 Å². The fraction of sp³-hybridized carbons (Fsp3) is 0. The minimum Gasteiger partial charge on any atom is -0.304 e. The summed E-state index contributed by atoms with van der Waals surface area (Å²) in [6.07, 6.45) is 3.41. The molecule has 0 bridgehead atoms. The predicted octanol–water partition coefficient (Wildman–Crippen LogP) is 3.15. The fourth-order valence-electron chi connectivity index (χ4n) is 2.23. The Balaban J connectivity index is 0.000000960. The van der Waals surface area contributed by atoms with E-state index in [1.807, 2.05) is 24.3 Å². The van der Waals surface area contributed by atoms with Crippen LogP contribution in [0.3, 0.4) is 0 Å². The zero-order chi connectivity index (χ0) is 14.4. The first-order valence-electron chi connectivity index (χ1n) is 6.18. The summed E-state index contributed by atoms with van der Waals surface area (Å²) in [4.78, 5) is 36.8. The van der Waals surface area contributed by atoms with E-state index >= 15 is 0 Å². The SMILES string of the molecule is Cl.Cl.Cl.O=c1[nH]c(=O)c2sc3ccc(-c4cccnc4)nc3c2[nH]1. The number of fused-ring (bicyclic) bond motifs is 3. The van der Waals surface area contributed by atoms with Crippen LogP contribution in [0.15, 0.2) is 46.2 Å². The summed E-state index contributed by atoms with van der Waals surface area (Å²) >= 11 is 1.31. The summed E-state index contributed by atoms with van der Waals surface area (Å²) in [7, 11) is 0. The molecule has 24 heavy (non-hydrogen) atoms. The second-order valence-corrected chi connectivity index (χ2v) is 5.55. The largest absolute Gasteiger partial charge is 0.326 e. The maximum absolute atomic E-state index is 11.8. The molecular weight excluding hydrogens is 395 g/mol. The highest BCUT2D eigenvalue weighted by Crippen LogP contribution is 2.30. The number of nitrogens with zero attached hydrogens (tertiary/aromatic N) is 2. The molecule has 0 spiro atoms. The highest BCUT2D eigenvalue weighted by Gasteiger charge is 2.12. The van der Waals surface area contributed by atoms with Gasteiger partial charge in [-0.2, -0.15) is 0 Å². The third-order valence-electron chi connectivity index (χ3n) is 3.16. The molecule has 126 valence electrons. The Morgan fingerprint density at radius 1 is 1.00 bits per heavy atom. The Morgan fingerprint density at radius 3 is 2.50 bits per heavy atom. The van der Waals surface area contributed by atoms with Gasteiger partial charge in [0.05, 0.1) is 15.9 Å². The molecule has 0 aliphatic heterocycles. The summed E-state index contributed by atoms with van der Waals surface area (Å²) in [5.74, 6) is 0. The second kappa shape index (κ2) is 7.76. The minimum absolute atomic E-state index is 0. The van der Waals surface area contributed by atoms with Crippen LogP contribution < -0.4 is 11.2 Å². The summed E-state index contributed by atoms with van der Waals surface area (Å²) in [5, 5.41) is 0. The molecule has 10 heteroatoms. The van der Waals surface area contributed by atoms with Crippen LogP contribution in [0.4, 0.5) is 0 Å². The zero-order valence-electron chi connectivity index (χ0n) is 11.8. The van der Waals surface area contributed by atoms with Crippen LogP contribution >= 0.6 is 48.6 Å². The van der Waals surface area contributed by atoms with Crippen LogP contribution in [-0.2, 0) is 0 Å². The molecule has 0 saturated carbocycles. The van der Waals surface area contributed by atoms with Crippen LogP contribution in [0.1, 0.15) is 0 Å². The molecule has 0 atom stereocenters. The lowest BCUT2D eigenvalue weighted by atomic mass is 10.2. The van der Waals surface area contributed by atoms with Crippen molar-refractivity contribution in [2.24, 2.45) is 0 Å². The lowest BCUT2D eigenvalue weighted by Gasteiger charge is -1.99. The maximum atomic E-state index is 11.8. The van der Waals surface area contributed by atoms with Gasteiger partial charge in [-0.1, -0.05) is 0 Å². The Labute approximate surface area is 157 Å². The van der Waals surface area contributed by atoms with Crippen LogP contribution in [0.5, 0.6) is 0 Å². The van der Waals surface area contributed by atoms with Gasteiger partial charge in [-0.3, -0.25) is 14.8 Å². The van der Waals surface area contributed by atoms with Gasteiger partial charge in [0.25, 0.3) is 5.56 Å². The number of pyridine rings is 2. The first-order valence-corrected chi connectivity index (χ1v) is 7.00. The molecule has 0 aromatic carbocycles. The van der Waals surface area contributed by atoms with E-state index in [2.05, 4.69) is 19.9 Å². The van der Waals surface area contributed by atoms with Crippen molar-refractivity contribution in [2.45, 2.75) is 0 Å². The van der Waals surface area contributed by atoms with E-state index < -0.39 is 5.69 Å². The number of H-pyrrole nitrogens is 2. The lowest BCUT2D eigenvalue weighted by Crippen LogP contribution is -2.20. The standard InChI is InChI=1S/C14H8N4O2S.3ClH/c19-13-12-11(17-14(20)18-13)10-9(21-12)4-3-8(16-10)7-2-1-5-15-6-7;;;/h1-6H,(H2,17,18,19,20);3*1H. The van der Waals surface area contributed by atoms with Crippen LogP contribution in [0, 0.1) is 0 Å². The third-order valence-corrected chi connectivity index (χ3v) is 4.31. The van der Waals surface area contributed by atoms with Crippen molar-refractivity contribution in [3.63, 3.8) is 0 Å². The van der Waals surface area contributed by atoms with Crippen molar-refractivity contribution in [3.8, 4) is 11.3 Å². The molecule has 0 radical (unpaired) electrons. The molecule has 0 fully saturated rings. The van der Waals surface area contributed by atoms with E-state index in [0.717, 1.165) is 16.0 Å². The molecular formula is C14H11Cl3N4O2S. The number of nitrogens with one attached hydrogen (secondary N) is 2. The Morgan fingerprint density at radius 2 is 1.79 bits per heavy atom. The van der Waals surface area contributed by atoms with Crippen LogP contribution in [0.2, 0.25) is 0 Å². The first kappa shape index (κ1) is 20.1. The van der Waals surface area contributed by atoms with Crippen molar-refractivity contribution in [2.75, 3.05) is 0 Å². The van der Waals surface area contributed by atoms with Crippen molar-refractivity contribution in [1.82, 2.24) is 19.9 Å². The summed E-state index contributed by atoms with van der Waals surface area (Å²) in [6, 6.07) is 7.51. The van der Waals surface area contributed by atoms with Gasteiger partial charge < -0.3 is 4.98 Å². The molecule has 0 aliphatic rings. The van der Waals surface area contributed by atoms with Crippen molar-refractivity contribution >= 4 is 69.0 Å². The highest BCUT2D eigenvalue weighted by atomic mass is 35.5. The quantitative estimate of drug-likeness (QED) is 0.509. The summed E-state index contributed by atoms with van der Waals surface area (Å²) in [5.41, 5.74) is 1.82. The van der Waals surface area contributed by atoms with Gasteiger partial charge in [-0.25, -0.2) is 9.78 Å². The number of thiophene rings is 1.